The van der Waals surface area contributed by atoms with Crippen LogP contribution in [0, 0.1) is 0 Å². The number of hydrogen-bond acceptors (Lipinski definition) is 4. The summed E-state index contributed by atoms with van der Waals surface area (Å²) in [5, 5.41) is 0. The Kier molecular flexibility index (Phi) is 5.04. The normalized spacial score (nSPS) is 11.1. The fraction of sp³-hybridized carbons (Fsp3) is 0.429. The highest BCUT2D eigenvalue weighted by Crippen LogP contribution is 2.07. The summed E-state index contributed by atoms with van der Waals surface area (Å²) < 4.78 is 10.1. The van der Waals surface area contributed by atoms with Crippen LogP contribution in [-0.2, 0) is 25.7 Å². The van der Waals surface area contributed by atoms with Gasteiger partial charge in [0.25, 0.3) is 5.78 Å². The Morgan fingerprint density at radius 1 is 1.11 bits per heavy atom. The van der Waals surface area contributed by atoms with Crippen molar-refractivity contribution in [1.82, 2.24) is 0 Å². The van der Waals surface area contributed by atoms with Crippen LogP contribution in [0.5, 0.6) is 0 Å². The zero-order valence-corrected chi connectivity index (χ0v) is 10.9. The van der Waals surface area contributed by atoms with Crippen LogP contribution < -0.4 is 0 Å². The molecule has 0 amide bonds. The average molecular weight is 250 g/mol. The maximum Gasteiger partial charge on any atom is 0.377 e. The highest BCUT2D eigenvalue weighted by atomic mass is 16.6. The number of carbonyl (C=O) groups excluding carboxylic acids is 2. The zero-order chi connectivity index (χ0) is 13.6. The Hall–Kier alpha value is -1.68. The van der Waals surface area contributed by atoms with E-state index in [0.29, 0.717) is 6.61 Å². The van der Waals surface area contributed by atoms with Gasteiger partial charge in [-0.05, 0) is 26.3 Å². The Bertz CT molecular complexity index is 404. The minimum atomic E-state index is -0.851. The summed E-state index contributed by atoms with van der Waals surface area (Å²) in [5.74, 6) is -1.52. The number of Topliss-reactive ketones (excluding diaryl/α,β-unsaturated/α-hetero) is 1. The van der Waals surface area contributed by atoms with E-state index in [4.69, 9.17) is 9.47 Å². The zero-order valence-electron chi connectivity index (χ0n) is 10.9. The highest BCUT2D eigenvalue weighted by molar-refractivity contribution is 6.34. The molecule has 98 valence electrons. The maximum absolute atomic E-state index is 11.4. The van der Waals surface area contributed by atoms with Crippen molar-refractivity contribution in [2.75, 3.05) is 6.61 Å². The van der Waals surface area contributed by atoms with Crippen molar-refractivity contribution in [3.63, 3.8) is 0 Å². The molecule has 0 aromatic heterocycles. The third-order valence-corrected chi connectivity index (χ3v) is 1.97. The summed E-state index contributed by atoms with van der Waals surface area (Å²) in [5.41, 5.74) is 0.293. The van der Waals surface area contributed by atoms with Gasteiger partial charge < -0.3 is 9.47 Å². The van der Waals surface area contributed by atoms with E-state index >= 15 is 0 Å². The molecule has 18 heavy (non-hydrogen) atoms. The van der Waals surface area contributed by atoms with Gasteiger partial charge in [-0.25, -0.2) is 4.79 Å². The lowest BCUT2D eigenvalue weighted by atomic mass is 10.2. The molecule has 0 N–H and O–H groups in total. The van der Waals surface area contributed by atoms with E-state index in [1.54, 1.807) is 20.8 Å². The first-order valence-corrected chi connectivity index (χ1v) is 5.76. The number of hydrogen-bond donors (Lipinski definition) is 0. The number of carbonyl (C=O) groups is 2. The van der Waals surface area contributed by atoms with E-state index in [-0.39, 0.29) is 6.61 Å². The molecular weight excluding hydrogens is 232 g/mol. The molecule has 0 saturated carbocycles. The lowest BCUT2D eigenvalue weighted by Gasteiger charge is -2.18. The Morgan fingerprint density at radius 2 is 1.72 bits per heavy atom. The molecule has 1 rings (SSSR count). The van der Waals surface area contributed by atoms with Gasteiger partial charge in [-0.1, -0.05) is 30.3 Å². The molecule has 0 bridgehead atoms. The molecule has 0 atom stereocenters. The van der Waals surface area contributed by atoms with Gasteiger partial charge in [0.2, 0.25) is 0 Å². The molecule has 4 nitrogen and oxygen atoms in total. The monoisotopic (exact) mass is 250 g/mol. The fourth-order valence-corrected chi connectivity index (χ4v) is 1.23. The van der Waals surface area contributed by atoms with Gasteiger partial charge in [0.05, 0.1) is 6.61 Å². The molecule has 0 saturated heterocycles. The smallest absolute Gasteiger partial charge is 0.377 e. The molecule has 0 unspecified atom stereocenters. The van der Waals surface area contributed by atoms with Crippen LogP contribution in [-0.4, -0.2) is 24.0 Å². The maximum atomic E-state index is 11.4. The molecule has 0 spiro atoms. The molecule has 0 fully saturated rings. The standard InChI is InChI=1S/C14H18O4/c1-14(2,3)18-13(16)12(15)10-17-9-11-7-5-4-6-8-11/h4-8H,9-10H2,1-3H3. The van der Waals surface area contributed by atoms with E-state index in [0.717, 1.165) is 5.56 Å². The van der Waals surface area contributed by atoms with Gasteiger partial charge in [-0.3, -0.25) is 4.79 Å². The summed E-state index contributed by atoms with van der Waals surface area (Å²) in [6, 6.07) is 9.44. The van der Waals surface area contributed by atoms with Crippen LogP contribution in [0.15, 0.2) is 30.3 Å². The van der Waals surface area contributed by atoms with Gasteiger partial charge in [0, 0.05) is 0 Å². The lowest BCUT2D eigenvalue weighted by Crippen LogP contribution is -2.31. The third-order valence-electron chi connectivity index (χ3n) is 1.97. The molecule has 0 aliphatic heterocycles. The van der Waals surface area contributed by atoms with E-state index in [9.17, 15) is 9.59 Å². The molecule has 1 aromatic carbocycles. The Labute approximate surface area is 107 Å². The largest absolute Gasteiger partial charge is 0.454 e. The minimum Gasteiger partial charge on any atom is -0.454 e. The van der Waals surface area contributed by atoms with Crippen LogP contribution in [0.1, 0.15) is 26.3 Å². The predicted molar refractivity (Wildman–Crippen MR) is 67.0 cm³/mol. The summed E-state index contributed by atoms with van der Waals surface area (Å²) >= 11 is 0. The van der Waals surface area contributed by atoms with Gasteiger partial charge in [-0.15, -0.1) is 0 Å². The van der Waals surface area contributed by atoms with E-state index in [1.807, 2.05) is 30.3 Å². The van der Waals surface area contributed by atoms with Crippen molar-refractivity contribution in [2.45, 2.75) is 33.0 Å². The molecule has 0 aliphatic rings. The quantitative estimate of drug-likeness (QED) is 0.593. The van der Waals surface area contributed by atoms with E-state index in [1.165, 1.54) is 0 Å². The number of rotatable bonds is 5. The number of esters is 1. The molecule has 1 aromatic rings. The third kappa shape index (κ3) is 5.59. The number of benzene rings is 1. The van der Waals surface area contributed by atoms with E-state index in [2.05, 4.69) is 0 Å². The number of ether oxygens (including phenoxy) is 2. The summed E-state index contributed by atoms with van der Waals surface area (Å²) in [6.45, 7) is 5.17. The molecule has 0 heterocycles. The van der Waals surface area contributed by atoms with Crippen molar-refractivity contribution in [3.8, 4) is 0 Å². The van der Waals surface area contributed by atoms with Crippen molar-refractivity contribution >= 4 is 11.8 Å². The van der Waals surface area contributed by atoms with Crippen molar-refractivity contribution < 1.29 is 19.1 Å². The lowest BCUT2D eigenvalue weighted by molar-refractivity contribution is -0.164. The minimum absolute atomic E-state index is 0.260. The van der Waals surface area contributed by atoms with Gasteiger partial charge in [0.1, 0.15) is 12.2 Å². The van der Waals surface area contributed by atoms with E-state index < -0.39 is 17.4 Å². The van der Waals surface area contributed by atoms with Crippen molar-refractivity contribution in [2.24, 2.45) is 0 Å². The summed E-state index contributed by atoms with van der Waals surface area (Å²) in [7, 11) is 0. The van der Waals surface area contributed by atoms with Crippen molar-refractivity contribution in [1.29, 1.82) is 0 Å². The molecule has 0 aliphatic carbocycles. The van der Waals surface area contributed by atoms with Crippen LogP contribution >= 0.6 is 0 Å². The predicted octanol–water partition coefficient (Wildman–Crippen LogP) is 2.11. The molecular formula is C14H18O4. The topological polar surface area (TPSA) is 52.6 Å². The summed E-state index contributed by atoms with van der Waals surface area (Å²) in [4.78, 5) is 22.8. The van der Waals surface area contributed by atoms with Crippen LogP contribution in [0.2, 0.25) is 0 Å². The average Bonchev–Trinajstić information content (AvgIpc) is 2.28. The first-order chi connectivity index (χ1) is 8.38. The number of ketones is 1. The SMILES string of the molecule is CC(C)(C)OC(=O)C(=O)COCc1ccccc1. The van der Waals surface area contributed by atoms with Gasteiger partial charge in [-0.2, -0.15) is 0 Å². The Balaban J connectivity index is 2.31. The van der Waals surface area contributed by atoms with Crippen LogP contribution in [0.4, 0.5) is 0 Å². The summed E-state index contributed by atoms with van der Waals surface area (Å²) in [6.07, 6.45) is 0. The first-order valence-electron chi connectivity index (χ1n) is 5.76. The van der Waals surface area contributed by atoms with Gasteiger partial charge >= 0.3 is 5.97 Å². The first kappa shape index (κ1) is 14.4. The highest BCUT2D eigenvalue weighted by Gasteiger charge is 2.22. The van der Waals surface area contributed by atoms with Crippen molar-refractivity contribution in [3.05, 3.63) is 35.9 Å². The van der Waals surface area contributed by atoms with Crippen LogP contribution in [0.25, 0.3) is 0 Å². The second kappa shape index (κ2) is 6.31. The molecule has 0 radical (unpaired) electrons. The van der Waals surface area contributed by atoms with Gasteiger partial charge in [0.15, 0.2) is 0 Å². The molecule has 4 heteroatoms. The second-order valence-electron chi connectivity index (χ2n) is 4.90. The second-order valence-corrected chi connectivity index (χ2v) is 4.90. The van der Waals surface area contributed by atoms with Crippen LogP contribution in [0.3, 0.4) is 0 Å². The fourth-order valence-electron chi connectivity index (χ4n) is 1.23. The Morgan fingerprint density at radius 3 is 2.28 bits per heavy atom.